The summed E-state index contributed by atoms with van der Waals surface area (Å²) in [5.41, 5.74) is 2.26. The van der Waals surface area contributed by atoms with Crippen molar-refractivity contribution in [3.63, 3.8) is 0 Å². The highest BCUT2D eigenvalue weighted by molar-refractivity contribution is 6.00. The maximum Gasteiger partial charge on any atom is 0.308 e. The molecule has 0 saturated heterocycles. The van der Waals surface area contributed by atoms with Crippen molar-refractivity contribution in [3.8, 4) is 11.8 Å². The number of amides is 1. The SMILES string of the molecule is CC(=O)Oc1ccc(NC(=O)C2(c3cccc(C)c3)CCCC2)c(C#N)c1. The molecule has 0 bridgehead atoms. The Kier molecular flexibility index (Phi) is 5.27. The first-order chi connectivity index (χ1) is 12.9. The van der Waals surface area contributed by atoms with Crippen LogP contribution in [0, 0.1) is 18.3 Å². The van der Waals surface area contributed by atoms with Gasteiger partial charge in [-0.15, -0.1) is 0 Å². The first kappa shape index (κ1) is 18.7. The maximum atomic E-state index is 13.3. The third-order valence-corrected chi connectivity index (χ3v) is 5.08. The predicted octanol–water partition coefficient (Wildman–Crippen LogP) is 4.24. The van der Waals surface area contributed by atoms with E-state index < -0.39 is 11.4 Å². The van der Waals surface area contributed by atoms with Crippen LogP contribution in [0.5, 0.6) is 5.75 Å². The van der Waals surface area contributed by atoms with Gasteiger partial charge in [-0.1, -0.05) is 42.7 Å². The summed E-state index contributed by atoms with van der Waals surface area (Å²) in [6.45, 7) is 3.32. The summed E-state index contributed by atoms with van der Waals surface area (Å²) in [5.74, 6) is -0.270. The van der Waals surface area contributed by atoms with Crippen LogP contribution >= 0.6 is 0 Å². The largest absolute Gasteiger partial charge is 0.427 e. The Balaban J connectivity index is 1.91. The van der Waals surface area contributed by atoms with Crippen molar-refractivity contribution in [1.29, 1.82) is 5.26 Å². The Morgan fingerprint density at radius 2 is 1.89 bits per heavy atom. The number of nitrogens with zero attached hydrogens (tertiary/aromatic N) is 1. The van der Waals surface area contributed by atoms with E-state index in [9.17, 15) is 14.9 Å². The van der Waals surface area contributed by atoms with Crippen LogP contribution in [-0.4, -0.2) is 11.9 Å². The number of rotatable bonds is 4. The van der Waals surface area contributed by atoms with Gasteiger partial charge in [-0.3, -0.25) is 9.59 Å². The van der Waals surface area contributed by atoms with Crippen molar-refractivity contribution >= 4 is 17.6 Å². The zero-order valence-electron chi connectivity index (χ0n) is 15.5. The number of benzene rings is 2. The number of esters is 1. The van der Waals surface area contributed by atoms with Crippen molar-refractivity contribution in [2.45, 2.75) is 44.9 Å². The molecule has 27 heavy (non-hydrogen) atoms. The zero-order chi connectivity index (χ0) is 19.4. The lowest BCUT2D eigenvalue weighted by atomic mass is 9.77. The number of aryl methyl sites for hydroxylation is 1. The minimum absolute atomic E-state index is 0.0951. The fraction of sp³-hybridized carbons (Fsp3) is 0.318. The summed E-state index contributed by atoms with van der Waals surface area (Å²) in [6.07, 6.45) is 3.57. The van der Waals surface area contributed by atoms with Crippen molar-refractivity contribution in [2.24, 2.45) is 0 Å². The molecule has 138 valence electrons. The fourth-order valence-electron chi connectivity index (χ4n) is 3.76. The van der Waals surface area contributed by atoms with Crippen molar-refractivity contribution < 1.29 is 14.3 Å². The molecule has 5 nitrogen and oxygen atoms in total. The molecule has 1 fully saturated rings. The topological polar surface area (TPSA) is 79.2 Å². The van der Waals surface area contributed by atoms with Gasteiger partial charge in [-0.25, -0.2) is 0 Å². The van der Waals surface area contributed by atoms with Gasteiger partial charge in [0.25, 0.3) is 0 Å². The first-order valence-corrected chi connectivity index (χ1v) is 9.06. The number of anilines is 1. The second-order valence-electron chi connectivity index (χ2n) is 7.03. The number of carbonyl (C=O) groups is 2. The van der Waals surface area contributed by atoms with Crippen LogP contribution in [-0.2, 0) is 15.0 Å². The van der Waals surface area contributed by atoms with Crippen LogP contribution in [0.15, 0.2) is 42.5 Å². The zero-order valence-corrected chi connectivity index (χ0v) is 15.5. The van der Waals surface area contributed by atoms with Crippen LogP contribution < -0.4 is 10.1 Å². The molecule has 0 aliphatic heterocycles. The monoisotopic (exact) mass is 362 g/mol. The van der Waals surface area contributed by atoms with E-state index in [1.165, 1.54) is 13.0 Å². The average Bonchev–Trinajstić information content (AvgIpc) is 3.13. The highest BCUT2D eigenvalue weighted by atomic mass is 16.5. The van der Waals surface area contributed by atoms with Crippen LogP contribution in [0.2, 0.25) is 0 Å². The van der Waals surface area contributed by atoms with E-state index in [4.69, 9.17) is 4.74 Å². The Morgan fingerprint density at radius 3 is 2.52 bits per heavy atom. The molecule has 0 radical (unpaired) electrons. The molecule has 1 saturated carbocycles. The van der Waals surface area contributed by atoms with Gasteiger partial charge in [0.15, 0.2) is 0 Å². The van der Waals surface area contributed by atoms with Gasteiger partial charge in [0, 0.05) is 13.0 Å². The number of hydrogen-bond acceptors (Lipinski definition) is 4. The predicted molar refractivity (Wildman–Crippen MR) is 102 cm³/mol. The van der Waals surface area contributed by atoms with E-state index in [2.05, 4.69) is 17.5 Å². The van der Waals surface area contributed by atoms with E-state index >= 15 is 0 Å². The van der Waals surface area contributed by atoms with E-state index in [0.717, 1.165) is 36.8 Å². The second-order valence-corrected chi connectivity index (χ2v) is 7.03. The highest BCUT2D eigenvalue weighted by Crippen LogP contribution is 2.42. The number of nitrogens with one attached hydrogen (secondary N) is 1. The quantitative estimate of drug-likeness (QED) is 0.652. The van der Waals surface area contributed by atoms with E-state index in [0.29, 0.717) is 5.69 Å². The molecule has 2 aromatic carbocycles. The minimum Gasteiger partial charge on any atom is -0.427 e. The molecule has 5 heteroatoms. The molecule has 1 amide bonds. The molecular weight excluding hydrogens is 340 g/mol. The molecule has 1 aliphatic rings. The van der Waals surface area contributed by atoms with Crippen LogP contribution in [0.1, 0.15) is 49.3 Å². The number of carbonyl (C=O) groups excluding carboxylic acids is 2. The maximum absolute atomic E-state index is 13.3. The summed E-state index contributed by atoms with van der Waals surface area (Å²) in [4.78, 5) is 24.4. The Morgan fingerprint density at radius 1 is 1.15 bits per heavy atom. The molecule has 0 aromatic heterocycles. The van der Waals surface area contributed by atoms with Gasteiger partial charge in [-0.05, 0) is 37.5 Å². The lowest BCUT2D eigenvalue weighted by Crippen LogP contribution is -2.38. The number of hydrogen-bond donors (Lipinski definition) is 1. The molecule has 0 unspecified atom stereocenters. The van der Waals surface area contributed by atoms with E-state index in [1.807, 2.05) is 25.1 Å². The summed E-state index contributed by atoms with van der Waals surface area (Å²) in [6, 6.07) is 14.8. The molecule has 3 rings (SSSR count). The number of nitriles is 1. The van der Waals surface area contributed by atoms with Gasteiger partial charge in [-0.2, -0.15) is 5.26 Å². The van der Waals surface area contributed by atoms with Crippen LogP contribution in [0.3, 0.4) is 0 Å². The molecule has 2 aromatic rings. The molecule has 0 atom stereocenters. The summed E-state index contributed by atoms with van der Waals surface area (Å²) in [5, 5.41) is 12.4. The smallest absolute Gasteiger partial charge is 0.308 e. The second kappa shape index (κ2) is 7.63. The summed E-state index contributed by atoms with van der Waals surface area (Å²) < 4.78 is 5.02. The van der Waals surface area contributed by atoms with Crippen molar-refractivity contribution in [1.82, 2.24) is 0 Å². The fourth-order valence-corrected chi connectivity index (χ4v) is 3.76. The van der Waals surface area contributed by atoms with Gasteiger partial charge in [0.1, 0.15) is 11.8 Å². The Bertz CT molecular complexity index is 921. The lowest BCUT2D eigenvalue weighted by Gasteiger charge is -2.29. The van der Waals surface area contributed by atoms with Gasteiger partial charge in [0.2, 0.25) is 5.91 Å². The standard InChI is InChI=1S/C22H22N2O3/c1-15-6-5-7-18(12-15)22(10-3-4-11-22)21(26)24-20-9-8-19(27-16(2)25)13-17(20)14-23/h5-9,12-13H,3-4,10-11H2,1-2H3,(H,24,26). The third kappa shape index (κ3) is 3.85. The lowest BCUT2D eigenvalue weighted by molar-refractivity contribution is -0.131. The summed E-state index contributed by atoms with van der Waals surface area (Å²) in [7, 11) is 0. The molecule has 1 aliphatic carbocycles. The Hall–Kier alpha value is -3.13. The third-order valence-electron chi connectivity index (χ3n) is 5.08. The van der Waals surface area contributed by atoms with Gasteiger partial charge >= 0.3 is 5.97 Å². The first-order valence-electron chi connectivity index (χ1n) is 9.06. The van der Waals surface area contributed by atoms with E-state index in [-0.39, 0.29) is 17.2 Å². The molecule has 0 heterocycles. The minimum atomic E-state index is -0.576. The molecule has 0 spiro atoms. The van der Waals surface area contributed by atoms with Crippen LogP contribution in [0.4, 0.5) is 5.69 Å². The average molecular weight is 362 g/mol. The van der Waals surface area contributed by atoms with Crippen LogP contribution in [0.25, 0.3) is 0 Å². The van der Waals surface area contributed by atoms with Gasteiger partial charge < -0.3 is 10.1 Å². The van der Waals surface area contributed by atoms with E-state index in [1.54, 1.807) is 12.1 Å². The Labute approximate surface area is 159 Å². The van der Waals surface area contributed by atoms with Crippen molar-refractivity contribution in [2.75, 3.05) is 5.32 Å². The molecule has 1 N–H and O–H groups in total. The van der Waals surface area contributed by atoms with Crippen molar-refractivity contribution in [3.05, 3.63) is 59.2 Å². The number of ether oxygens (including phenoxy) is 1. The normalized spacial score (nSPS) is 15.0. The van der Waals surface area contributed by atoms with Gasteiger partial charge in [0.05, 0.1) is 16.7 Å². The highest BCUT2D eigenvalue weighted by Gasteiger charge is 2.42. The molecular formula is C22H22N2O3. The summed E-state index contributed by atoms with van der Waals surface area (Å²) >= 11 is 0.